The summed E-state index contributed by atoms with van der Waals surface area (Å²) in [7, 11) is 0. The second kappa shape index (κ2) is 5.16. The van der Waals surface area contributed by atoms with Crippen LogP contribution in [0.2, 0.25) is 0 Å². The number of hydrogen-bond donors (Lipinski definition) is 0. The second-order valence-electron chi connectivity index (χ2n) is 5.70. The molecule has 0 bridgehead atoms. The molecule has 0 aliphatic carbocycles. The minimum atomic E-state index is -0.527. The van der Waals surface area contributed by atoms with Gasteiger partial charge in [0, 0.05) is 13.1 Å². The predicted octanol–water partition coefficient (Wildman–Crippen LogP) is 2.65. The van der Waals surface area contributed by atoms with Crippen molar-refractivity contribution in [2.45, 2.75) is 33.7 Å². The maximum atomic E-state index is 12.2. The first-order valence-electron chi connectivity index (χ1n) is 6.86. The monoisotopic (exact) mass is 259 g/mol. The fourth-order valence-electron chi connectivity index (χ4n) is 2.69. The van der Waals surface area contributed by atoms with Gasteiger partial charge in [0.05, 0.1) is 5.41 Å². The molecular weight excluding hydrogens is 238 g/mol. The van der Waals surface area contributed by atoms with Gasteiger partial charge in [0.15, 0.2) is 0 Å². The van der Waals surface area contributed by atoms with Crippen molar-refractivity contribution in [2.75, 3.05) is 6.54 Å². The van der Waals surface area contributed by atoms with Crippen LogP contribution in [0.5, 0.6) is 0 Å². The van der Waals surface area contributed by atoms with E-state index in [0.29, 0.717) is 13.1 Å². The zero-order valence-electron chi connectivity index (χ0n) is 11.8. The van der Waals surface area contributed by atoms with Crippen molar-refractivity contribution in [3.8, 4) is 0 Å². The molecule has 1 heterocycles. The van der Waals surface area contributed by atoms with E-state index < -0.39 is 5.41 Å². The van der Waals surface area contributed by atoms with Crippen LogP contribution in [-0.4, -0.2) is 23.1 Å². The Balaban J connectivity index is 2.17. The van der Waals surface area contributed by atoms with Crippen molar-refractivity contribution in [3.63, 3.8) is 0 Å². The molecule has 1 saturated heterocycles. The Hall–Kier alpha value is -1.64. The molecule has 0 spiro atoms. The van der Waals surface area contributed by atoms with Crippen LogP contribution in [0.4, 0.5) is 0 Å². The Morgan fingerprint density at radius 2 is 1.89 bits per heavy atom. The highest BCUT2D eigenvalue weighted by molar-refractivity contribution is 6.40. The van der Waals surface area contributed by atoms with Gasteiger partial charge in [0.25, 0.3) is 5.91 Å². The van der Waals surface area contributed by atoms with E-state index in [-0.39, 0.29) is 17.6 Å². The topological polar surface area (TPSA) is 37.4 Å². The van der Waals surface area contributed by atoms with Gasteiger partial charge >= 0.3 is 0 Å². The molecule has 3 nitrogen and oxygen atoms in total. The molecule has 3 heteroatoms. The van der Waals surface area contributed by atoms with E-state index in [1.54, 1.807) is 4.90 Å². The number of rotatable bonds is 4. The van der Waals surface area contributed by atoms with Crippen LogP contribution in [0.15, 0.2) is 30.3 Å². The summed E-state index contributed by atoms with van der Waals surface area (Å²) >= 11 is 0. The molecule has 0 radical (unpaired) electrons. The Kier molecular flexibility index (Phi) is 3.74. The molecule has 1 aromatic rings. The highest BCUT2D eigenvalue weighted by atomic mass is 16.2. The average molecular weight is 259 g/mol. The molecular formula is C16H21NO2. The SMILES string of the molecule is CC[C@H](C)[C@]1(C)CN(Cc2ccccc2)C(=O)C1=O. The van der Waals surface area contributed by atoms with Crippen molar-refractivity contribution < 1.29 is 9.59 Å². The van der Waals surface area contributed by atoms with E-state index in [1.807, 2.05) is 37.3 Å². The number of carbonyl (C=O) groups excluding carboxylic acids is 2. The lowest BCUT2D eigenvalue weighted by Gasteiger charge is -2.28. The van der Waals surface area contributed by atoms with E-state index in [2.05, 4.69) is 13.8 Å². The summed E-state index contributed by atoms with van der Waals surface area (Å²) < 4.78 is 0. The summed E-state index contributed by atoms with van der Waals surface area (Å²) in [6.45, 7) is 7.10. The Bertz CT molecular complexity index is 483. The third-order valence-electron chi connectivity index (χ3n) is 4.44. The first-order chi connectivity index (χ1) is 8.99. The van der Waals surface area contributed by atoms with Crippen LogP contribution in [-0.2, 0) is 16.1 Å². The molecule has 0 unspecified atom stereocenters. The molecule has 0 saturated carbocycles. The Labute approximate surface area is 114 Å². The lowest BCUT2D eigenvalue weighted by Crippen LogP contribution is -2.34. The maximum Gasteiger partial charge on any atom is 0.290 e. The van der Waals surface area contributed by atoms with Crippen LogP contribution in [0.3, 0.4) is 0 Å². The largest absolute Gasteiger partial charge is 0.331 e. The number of Topliss-reactive ketones (excluding diaryl/α,β-unsaturated/α-hetero) is 1. The van der Waals surface area contributed by atoms with Gasteiger partial charge in [-0.05, 0) is 11.5 Å². The molecule has 1 amide bonds. The third-order valence-corrected chi connectivity index (χ3v) is 4.44. The molecule has 102 valence electrons. The summed E-state index contributed by atoms with van der Waals surface area (Å²) in [5, 5.41) is 0. The minimum Gasteiger partial charge on any atom is -0.331 e. The summed E-state index contributed by atoms with van der Waals surface area (Å²) in [5.41, 5.74) is 0.540. The number of amides is 1. The van der Waals surface area contributed by atoms with Gasteiger partial charge in [-0.15, -0.1) is 0 Å². The Morgan fingerprint density at radius 1 is 1.26 bits per heavy atom. The van der Waals surface area contributed by atoms with Gasteiger partial charge in [0.2, 0.25) is 5.78 Å². The van der Waals surface area contributed by atoms with E-state index in [1.165, 1.54) is 0 Å². The zero-order chi connectivity index (χ0) is 14.0. The van der Waals surface area contributed by atoms with Crippen LogP contribution >= 0.6 is 0 Å². The lowest BCUT2D eigenvalue weighted by molar-refractivity contribution is -0.143. The van der Waals surface area contributed by atoms with E-state index in [9.17, 15) is 9.59 Å². The minimum absolute atomic E-state index is 0.224. The van der Waals surface area contributed by atoms with E-state index in [4.69, 9.17) is 0 Å². The number of ketones is 1. The molecule has 1 aromatic carbocycles. The van der Waals surface area contributed by atoms with Gasteiger partial charge in [0.1, 0.15) is 0 Å². The highest BCUT2D eigenvalue weighted by Crippen LogP contribution is 2.37. The van der Waals surface area contributed by atoms with Gasteiger partial charge in [-0.1, -0.05) is 57.5 Å². The van der Waals surface area contributed by atoms with Crippen molar-refractivity contribution in [1.82, 2.24) is 4.90 Å². The van der Waals surface area contributed by atoms with Crippen molar-refractivity contribution in [3.05, 3.63) is 35.9 Å². The van der Waals surface area contributed by atoms with Crippen molar-refractivity contribution in [2.24, 2.45) is 11.3 Å². The number of likely N-dealkylation sites (tertiary alicyclic amines) is 1. The highest BCUT2D eigenvalue weighted by Gasteiger charge is 2.50. The molecule has 1 fully saturated rings. The fourth-order valence-corrected chi connectivity index (χ4v) is 2.69. The fraction of sp³-hybridized carbons (Fsp3) is 0.500. The van der Waals surface area contributed by atoms with E-state index in [0.717, 1.165) is 12.0 Å². The molecule has 19 heavy (non-hydrogen) atoms. The first-order valence-corrected chi connectivity index (χ1v) is 6.86. The summed E-state index contributed by atoms with van der Waals surface area (Å²) in [6, 6.07) is 9.81. The number of nitrogens with zero attached hydrogens (tertiary/aromatic N) is 1. The van der Waals surface area contributed by atoms with Gasteiger partial charge in [-0.25, -0.2) is 0 Å². The lowest BCUT2D eigenvalue weighted by atomic mass is 9.75. The zero-order valence-corrected chi connectivity index (χ0v) is 11.8. The normalized spacial score (nSPS) is 24.9. The third kappa shape index (κ3) is 2.42. The molecule has 0 N–H and O–H groups in total. The molecule has 1 aliphatic heterocycles. The number of carbonyl (C=O) groups is 2. The average Bonchev–Trinajstić information content (AvgIpc) is 2.65. The van der Waals surface area contributed by atoms with Crippen molar-refractivity contribution in [1.29, 1.82) is 0 Å². The molecule has 1 aliphatic rings. The van der Waals surface area contributed by atoms with Crippen LogP contribution < -0.4 is 0 Å². The predicted molar refractivity (Wildman–Crippen MR) is 74.4 cm³/mol. The van der Waals surface area contributed by atoms with Crippen LogP contribution in [0.25, 0.3) is 0 Å². The summed E-state index contributed by atoms with van der Waals surface area (Å²) in [6.07, 6.45) is 0.911. The number of hydrogen-bond acceptors (Lipinski definition) is 2. The maximum absolute atomic E-state index is 12.2. The van der Waals surface area contributed by atoms with Gasteiger partial charge in [-0.3, -0.25) is 9.59 Å². The standard InChI is InChI=1S/C16H21NO2/c1-4-12(2)16(3)11-17(15(19)14(16)18)10-13-8-6-5-7-9-13/h5-9,12H,4,10-11H2,1-3H3/t12-,16-/m0/s1. The Morgan fingerprint density at radius 3 is 2.47 bits per heavy atom. The van der Waals surface area contributed by atoms with Gasteiger partial charge in [-0.2, -0.15) is 0 Å². The summed E-state index contributed by atoms with van der Waals surface area (Å²) in [5.74, 6) is -0.325. The molecule has 2 rings (SSSR count). The van der Waals surface area contributed by atoms with Gasteiger partial charge < -0.3 is 4.90 Å². The quantitative estimate of drug-likeness (QED) is 0.780. The number of benzene rings is 1. The molecule has 2 atom stereocenters. The van der Waals surface area contributed by atoms with Crippen LogP contribution in [0, 0.1) is 11.3 Å². The second-order valence-corrected chi connectivity index (χ2v) is 5.70. The van der Waals surface area contributed by atoms with Crippen molar-refractivity contribution >= 4 is 11.7 Å². The smallest absolute Gasteiger partial charge is 0.290 e. The van der Waals surface area contributed by atoms with Crippen LogP contribution in [0.1, 0.15) is 32.8 Å². The summed E-state index contributed by atoms with van der Waals surface area (Å²) in [4.78, 5) is 26.0. The van der Waals surface area contributed by atoms with E-state index >= 15 is 0 Å². The molecule has 0 aromatic heterocycles. The first kappa shape index (κ1) is 13.8.